The summed E-state index contributed by atoms with van der Waals surface area (Å²) in [7, 11) is -3.49. The summed E-state index contributed by atoms with van der Waals surface area (Å²) in [6.45, 7) is -0.220. The monoisotopic (exact) mass is 366 g/mol. The molecule has 0 aliphatic carbocycles. The first-order chi connectivity index (χ1) is 11.3. The van der Waals surface area contributed by atoms with Gasteiger partial charge in [0.05, 0.1) is 6.61 Å². The molecule has 5 nitrogen and oxygen atoms in total. The second kappa shape index (κ2) is 8.28. The third-order valence-corrected chi connectivity index (χ3v) is 5.23. The third-order valence-electron chi connectivity index (χ3n) is 3.67. The fourth-order valence-corrected chi connectivity index (χ4v) is 3.68. The van der Waals surface area contributed by atoms with E-state index < -0.39 is 23.0 Å². The third kappa shape index (κ3) is 6.39. The number of ether oxygens (including phenoxy) is 1. The van der Waals surface area contributed by atoms with Gasteiger partial charge in [0.25, 0.3) is 10.2 Å². The Balaban J connectivity index is 1.81. The lowest BCUT2D eigenvalue weighted by Gasteiger charge is -2.25. The number of piperidine rings is 1. The summed E-state index contributed by atoms with van der Waals surface area (Å²) in [5.41, 5.74) is 1.33. The van der Waals surface area contributed by atoms with Gasteiger partial charge in [-0.15, -0.1) is 0 Å². The molecule has 1 saturated heterocycles. The van der Waals surface area contributed by atoms with Crippen molar-refractivity contribution in [3.63, 3.8) is 0 Å². The van der Waals surface area contributed by atoms with Crippen LogP contribution in [0.25, 0.3) is 0 Å². The molecule has 0 spiro atoms. The molecule has 0 saturated carbocycles. The van der Waals surface area contributed by atoms with Crippen LogP contribution in [-0.2, 0) is 28.1 Å². The molecule has 0 unspecified atom stereocenters. The molecule has 0 aromatic heterocycles. The van der Waals surface area contributed by atoms with Crippen molar-refractivity contribution in [1.82, 2.24) is 9.03 Å². The summed E-state index contributed by atoms with van der Waals surface area (Å²) in [5.74, 6) is 0. The Hall–Kier alpha value is -1.16. The summed E-state index contributed by atoms with van der Waals surface area (Å²) in [5, 5.41) is 0. The topological polar surface area (TPSA) is 58.6 Å². The van der Waals surface area contributed by atoms with Gasteiger partial charge in [-0.2, -0.15) is 30.6 Å². The van der Waals surface area contributed by atoms with Crippen molar-refractivity contribution in [2.24, 2.45) is 0 Å². The van der Waals surface area contributed by atoms with Crippen molar-refractivity contribution < 1.29 is 26.3 Å². The Morgan fingerprint density at radius 3 is 2.21 bits per heavy atom. The molecule has 1 aromatic carbocycles. The lowest BCUT2D eigenvalue weighted by molar-refractivity contribution is -0.176. The van der Waals surface area contributed by atoms with Gasteiger partial charge in [0.2, 0.25) is 0 Å². The highest BCUT2D eigenvalue weighted by molar-refractivity contribution is 7.87. The Bertz CT molecular complexity index is 612. The van der Waals surface area contributed by atoms with Crippen molar-refractivity contribution >= 4 is 10.2 Å². The summed E-state index contributed by atoms with van der Waals surface area (Å²) >= 11 is 0. The first-order valence-electron chi connectivity index (χ1n) is 7.73. The SMILES string of the molecule is O=S(=O)(NCc1ccc(COCC(F)(F)F)cc1)N1CCCCC1. The standard InChI is InChI=1S/C15H21F3N2O3S/c16-15(17,18)12-23-11-14-6-4-13(5-7-14)10-19-24(21,22)20-8-2-1-3-9-20/h4-7,19H,1-3,8-12H2. The van der Waals surface area contributed by atoms with E-state index in [0.29, 0.717) is 18.7 Å². The first kappa shape index (κ1) is 19.2. The van der Waals surface area contributed by atoms with Gasteiger partial charge in [0.1, 0.15) is 6.61 Å². The normalized spacial score (nSPS) is 17.1. The molecule has 0 atom stereocenters. The van der Waals surface area contributed by atoms with E-state index in [2.05, 4.69) is 9.46 Å². The molecule has 0 radical (unpaired) electrons. The molecule has 1 aliphatic rings. The Labute approximate surface area is 140 Å². The highest BCUT2D eigenvalue weighted by atomic mass is 32.2. The zero-order valence-electron chi connectivity index (χ0n) is 13.2. The van der Waals surface area contributed by atoms with Crippen LogP contribution < -0.4 is 4.72 Å². The molecule has 0 bridgehead atoms. The smallest absolute Gasteiger partial charge is 0.367 e. The van der Waals surface area contributed by atoms with Crippen molar-refractivity contribution in [1.29, 1.82) is 0 Å². The highest BCUT2D eigenvalue weighted by Crippen LogP contribution is 2.16. The molecule has 9 heteroatoms. The van der Waals surface area contributed by atoms with Gasteiger partial charge in [-0.25, -0.2) is 0 Å². The minimum Gasteiger partial charge on any atom is -0.367 e. The second-order valence-corrected chi connectivity index (χ2v) is 7.47. The van der Waals surface area contributed by atoms with Gasteiger partial charge in [-0.3, -0.25) is 0 Å². The fraction of sp³-hybridized carbons (Fsp3) is 0.600. The van der Waals surface area contributed by atoms with Gasteiger partial charge in [-0.1, -0.05) is 30.7 Å². The van der Waals surface area contributed by atoms with E-state index >= 15 is 0 Å². The van der Waals surface area contributed by atoms with Crippen molar-refractivity contribution in [2.75, 3.05) is 19.7 Å². The number of alkyl halides is 3. The van der Waals surface area contributed by atoms with Crippen LogP contribution in [0.1, 0.15) is 30.4 Å². The summed E-state index contributed by atoms with van der Waals surface area (Å²) < 4.78 is 68.8. The molecule has 2 rings (SSSR count). The largest absolute Gasteiger partial charge is 0.411 e. The van der Waals surface area contributed by atoms with Crippen LogP contribution in [0.4, 0.5) is 13.2 Å². The molecule has 1 aliphatic heterocycles. The Kier molecular flexibility index (Phi) is 6.62. The predicted octanol–water partition coefficient (Wildman–Crippen LogP) is 2.59. The minimum absolute atomic E-state index is 0.140. The average molecular weight is 366 g/mol. The van der Waals surface area contributed by atoms with E-state index in [1.54, 1.807) is 24.3 Å². The van der Waals surface area contributed by atoms with Crippen LogP contribution in [0.5, 0.6) is 0 Å². The van der Waals surface area contributed by atoms with Crippen LogP contribution in [-0.4, -0.2) is 38.6 Å². The summed E-state index contributed by atoms with van der Waals surface area (Å²) in [6, 6.07) is 6.60. The molecule has 1 fully saturated rings. The fourth-order valence-electron chi connectivity index (χ4n) is 2.41. The van der Waals surface area contributed by atoms with Gasteiger partial charge in [0, 0.05) is 19.6 Å². The van der Waals surface area contributed by atoms with Crippen LogP contribution in [0.15, 0.2) is 24.3 Å². The van der Waals surface area contributed by atoms with E-state index in [-0.39, 0.29) is 13.2 Å². The van der Waals surface area contributed by atoms with Crippen LogP contribution in [0, 0.1) is 0 Å². The molecule has 1 heterocycles. The first-order valence-corrected chi connectivity index (χ1v) is 9.17. The van der Waals surface area contributed by atoms with E-state index in [9.17, 15) is 21.6 Å². The maximum Gasteiger partial charge on any atom is 0.411 e. The zero-order chi connectivity index (χ0) is 17.6. The number of nitrogens with one attached hydrogen (secondary N) is 1. The molecule has 136 valence electrons. The molecule has 1 N–H and O–H groups in total. The van der Waals surface area contributed by atoms with Crippen molar-refractivity contribution in [2.45, 2.75) is 38.6 Å². The second-order valence-electron chi connectivity index (χ2n) is 5.71. The molecule has 24 heavy (non-hydrogen) atoms. The molecule has 0 amide bonds. The van der Waals surface area contributed by atoms with E-state index in [1.165, 1.54) is 4.31 Å². The average Bonchev–Trinajstić information content (AvgIpc) is 2.54. The van der Waals surface area contributed by atoms with Gasteiger partial charge >= 0.3 is 6.18 Å². The maximum atomic E-state index is 12.1. The molecular formula is C15H21F3N2O3S. The van der Waals surface area contributed by atoms with Crippen molar-refractivity contribution in [3.05, 3.63) is 35.4 Å². The quantitative estimate of drug-likeness (QED) is 0.807. The van der Waals surface area contributed by atoms with Crippen LogP contribution >= 0.6 is 0 Å². The summed E-state index contributed by atoms with van der Waals surface area (Å²) in [4.78, 5) is 0. The van der Waals surface area contributed by atoms with E-state index in [0.717, 1.165) is 24.8 Å². The Morgan fingerprint density at radius 2 is 1.62 bits per heavy atom. The molecule has 1 aromatic rings. The maximum absolute atomic E-state index is 12.1. The van der Waals surface area contributed by atoms with Crippen LogP contribution in [0.3, 0.4) is 0 Å². The minimum atomic E-state index is -4.34. The number of benzene rings is 1. The van der Waals surface area contributed by atoms with Gasteiger partial charge < -0.3 is 4.74 Å². The van der Waals surface area contributed by atoms with Gasteiger partial charge in [-0.05, 0) is 24.0 Å². The van der Waals surface area contributed by atoms with E-state index in [1.807, 2.05) is 0 Å². The van der Waals surface area contributed by atoms with Crippen LogP contribution in [0.2, 0.25) is 0 Å². The van der Waals surface area contributed by atoms with E-state index in [4.69, 9.17) is 0 Å². The lowest BCUT2D eigenvalue weighted by atomic mass is 10.1. The lowest BCUT2D eigenvalue weighted by Crippen LogP contribution is -2.43. The number of hydrogen-bond acceptors (Lipinski definition) is 3. The van der Waals surface area contributed by atoms with Crippen molar-refractivity contribution in [3.8, 4) is 0 Å². The molecular weight excluding hydrogens is 345 g/mol. The number of hydrogen-bond donors (Lipinski definition) is 1. The number of rotatable bonds is 7. The summed E-state index contributed by atoms with van der Waals surface area (Å²) in [6.07, 6.45) is -1.56. The number of halogens is 3. The Morgan fingerprint density at radius 1 is 1.04 bits per heavy atom. The number of nitrogens with zero attached hydrogens (tertiary/aromatic N) is 1. The zero-order valence-corrected chi connectivity index (χ0v) is 14.0. The van der Waals surface area contributed by atoms with Gasteiger partial charge in [0.15, 0.2) is 0 Å². The predicted molar refractivity (Wildman–Crippen MR) is 83.3 cm³/mol. The highest BCUT2D eigenvalue weighted by Gasteiger charge is 2.27.